The number of allylic oxidation sites excluding steroid dienone is 2. The molecule has 6 rings (SSSR count). The fourth-order valence-electron chi connectivity index (χ4n) is 4.94. The molecule has 0 spiro atoms. The summed E-state index contributed by atoms with van der Waals surface area (Å²) in [5, 5.41) is 8.93. The van der Waals surface area contributed by atoms with Crippen LogP contribution in [0.2, 0.25) is 0 Å². The molecule has 0 bridgehead atoms. The van der Waals surface area contributed by atoms with Crippen molar-refractivity contribution < 1.29 is 0 Å². The van der Waals surface area contributed by atoms with Crippen LogP contribution in [0.5, 0.6) is 0 Å². The minimum Gasteiger partial charge on any atom is -0.420 e. The lowest BCUT2D eigenvalue weighted by Crippen LogP contribution is -2.50. The van der Waals surface area contributed by atoms with E-state index in [4.69, 9.17) is 23.2 Å². The van der Waals surface area contributed by atoms with Crippen LogP contribution in [0, 0.1) is 0 Å². The van der Waals surface area contributed by atoms with Crippen molar-refractivity contribution in [1.29, 1.82) is 0 Å². The maximum absolute atomic E-state index is 7.26. The third kappa shape index (κ3) is 3.55. The smallest absolute Gasteiger partial charge is 0.322 e. The first-order valence-corrected chi connectivity index (χ1v) is 12.1. The van der Waals surface area contributed by atoms with E-state index in [9.17, 15) is 0 Å². The Morgan fingerprint density at radius 1 is 0.441 bits per heavy atom. The van der Waals surface area contributed by atoms with Crippen LogP contribution in [0.3, 0.4) is 0 Å². The highest BCUT2D eigenvalue weighted by atomic mass is 35.5. The summed E-state index contributed by atoms with van der Waals surface area (Å²) >= 11 is 14.5. The Morgan fingerprint density at radius 2 is 0.794 bits per heavy atom. The summed E-state index contributed by atoms with van der Waals surface area (Å²) in [5.74, 6) is 0. The molecular weight excluding hydrogens is 457 g/mol. The van der Waals surface area contributed by atoms with Gasteiger partial charge >= 0.3 is 13.7 Å². The van der Waals surface area contributed by atoms with Gasteiger partial charge in [0.15, 0.2) is 0 Å². The Morgan fingerprint density at radius 3 is 1.21 bits per heavy atom. The maximum atomic E-state index is 7.26. The monoisotopic (exact) mass is 476 g/mol. The Hall–Kier alpha value is -3.33. The first-order valence-electron chi connectivity index (χ1n) is 11.3. The van der Waals surface area contributed by atoms with E-state index in [0.717, 1.165) is 54.4 Å². The first kappa shape index (κ1) is 21.2. The normalized spacial score (nSPS) is 14.9. The van der Waals surface area contributed by atoms with Gasteiger partial charge in [-0.2, -0.15) is 0 Å². The molecule has 4 aromatic rings. The molecule has 2 aliphatic heterocycles. The number of anilines is 2. The summed E-state index contributed by atoms with van der Waals surface area (Å²) in [5.41, 5.74) is 8.24. The highest BCUT2D eigenvalue weighted by Gasteiger charge is 2.41. The fourth-order valence-corrected chi connectivity index (χ4v) is 5.69. The molecule has 0 unspecified atom stereocenters. The molecule has 0 amide bonds. The third-order valence-electron chi connectivity index (χ3n) is 6.53. The van der Waals surface area contributed by atoms with Gasteiger partial charge in [-0.05, 0) is 23.1 Å². The number of halogens is 2. The number of hydrogen-bond donors (Lipinski definition) is 2. The zero-order valence-electron chi connectivity index (χ0n) is 18.3. The fraction of sp³-hybridized carbons (Fsp3) is 0. The summed E-state index contributed by atoms with van der Waals surface area (Å²) in [7, 11) is 0. The topological polar surface area (TPSA) is 24.1 Å². The molecule has 0 saturated heterocycles. The van der Waals surface area contributed by atoms with Gasteiger partial charge in [-0.1, -0.05) is 131 Å². The summed E-state index contributed by atoms with van der Waals surface area (Å²) < 4.78 is 0. The number of para-hydroxylation sites is 2. The summed E-state index contributed by atoms with van der Waals surface area (Å²) in [4.78, 5) is 0. The van der Waals surface area contributed by atoms with Gasteiger partial charge in [-0.3, -0.25) is 0 Å². The number of nitrogens with one attached hydrogen (secondary N) is 2. The van der Waals surface area contributed by atoms with Gasteiger partial charge in [0.1, 0.15) is 0 Å². The largest absolute Gasteiger partial charge is 0.420 e. The van der Waals surface area contributed by atoms with Crippen molar-refractivity contribution in [3.8, 4) is 0 Å². The molecule has 34 heavy (non-hydrogen) atoms. The number of rotatable bonds is 3. The highest BCUT2D eigenvalue weighted by Crippen LogP contribution is 2.44. The van der Waals surface area contributed by atoms with Crippen LogP contribution in [-0.4, -0.2) is 13.7 Å². The average Bonchev–Trinajstić information content (AvgIpc) is 2.90. The van der Waals surface area contributed by atoms with Crippen molar-refractivity contribution in [3.63, 3.8) is 0 Å². The molecule has 0 atom stereocenters. The molecule has 0 saturated carbocycles. The lowest BCUT2D eigenvalue weighted by Gasteiger charge is -2.35. The quantitative estimate of drug-likeness (QED) is 0.354. The summed E-state index contributed by atoms with van der Waals surface area (Å²) in [6.45, 7) is -0.295. The highest BCUT2D eigenvalue weighted by molar-refractivity contribution is 6.95. The number of hydrogen-bond acceptors (Lipinski definition) is 2. The second-order valence-corrected chi connectivity index (χ2v) is 9.28. The molecule has 162 valence electrons. The lowest BCUT2D eigenvalue weighted by atomic mass is 9.36. The van der Waals surface area contributed by atoms with Crippen LogP contribution in [0.4, 0.5) is 11.4 Å². The van der Waals surface area contributed by atoms with Gasteiger partial charge in [0.05, 0.1) is 0 Å². The van der Waals surface area contributed by atoms with Gasteiger partial charge in [0.25, 0.3) is 0 Å². The standard InChI is InChI=1S/C28H20B2Cl2N2/c31-27-21-15-7-9-17-23(21)33-29(19-11-3-1-4-12-19)25(27)26-28(32)22-16-8-10-18-24(22)34-30(26)20-13-5-2-6-14-20/h1-18,33-34H. The molecule has 0 aromatic heterocycles. The second-order valence-electron chi connectivity index (χ2n) is 8.52. The molecule has 4 aromatic carbocycles. The van der Waals surface area contributed by atoms with Gasteiger partial charge in [0, 0.05) is 32.6 Å². The van der Waals surface area contributed by atoms with Crippen molar-refractivity contribution in [2.75, 3.05) is 10.5 Å². The Kier molecular flexibility index (Phi) is 5.49. The van der Waals surface area contributed by atoms with Crippen molar-refractivity contribution in [2.45, 2.75) is 0 Å². The molecule has 0 fully saturated rings. The van der Waals surface area contributed by atoms with E-state index in [1.165, 1.54) is 0 Å². The van der Waals surface area contributed by atoms with Crippen LogP contribution in [0.15, 0.2) is 120 Å². The Labute approximate surface area is 210 Å². The maximum Gasteiger partial charge on any atom is 0.322 e. The van der Waals surface area contributed by atoms with Gasteiger partial charge < -0.3 is 10.5 Å². The van der Waals surface area contributed by atoms with Crippen LogP contribution < -0.4 is 21.4 Å². The predicted octanol–water partition coefficient (Wildman–Crippen LogP) is 6.01. The van der Waals surface area contributed by atoms with E-state index in [1.807, 2.05) is 36.4 Å². The van der Waals surface area contributed by atoms with E-state index in [0.29, 0.717) is 0 Å². The Balaban J connectivity index is 1.65. The van der Waals surface area contributed by atoms with Crippen LogP contribution in [0.1, 0.15) is 11.1 Å². The lowest BCUT2D eigenvalue weighted by molar-refractivity contribution is 1.51. The van der Waals surface area contributed by atoms with Gasteiger partial charge in [-0.15, -0.1) is 0 Å². The van der Waals surface area contributed by atoms with Crippen molar-refractivity contribution in [1.82, 2.24) is 0 Å². The van der Waals surface area contributed by atoms with E-state index >= 15 is 0 Å². The second kappa shape index (κ2) is 8.79. The van der Waals surface area contributed by atoms with Gasteiger partial charge in [0.2, 0.25) is 0 Å². The van der Waals surface area contributed by atoms with E-state index in [1.54, 1.807) is 0 Å². The zero-order valence-corrected chi connectivity index (χ0v) is 19.8. The minimum atomic E-state index is -0.148. The molecule has 2 N–H and O–H groups in total. The number of fused-ring (bicyclic) bond motifs is 2. The van der Waals surface area contributed by atoms with E-state index < -0.39 is 0 Å². The molecule has 6 heteroatoms. The molecule has 0 radical (unpaired) electrons. The number of benzene rings is 4. The molecule has 2 aliphatic rings. The molecule has 0 aliphatic carbocycles. The summed E-state index contributed by atoms with van der Waals surface area (Å²) in [6.07, 6.45) is 0. The summed E-state index contributed by atoms with van der Waals surface area (Å²) in [6, 6.07) is 37.2. The van der Waals surface area contributed by atoms with Gasteiger partial charge in [-0.25, -0.2) is 0 Å². The molecule has 2 nitrogen and oxygen atoms in total. The van der Waals surface area contributed by atoms with Crippen molar-refractivity contribution >= 4 is 69.3 Å². The molecular formula is C28H20B2Cl2N2. The Bertz CT molecular complexity index is 1320. The van der Waals surface area contributed by atoms with E-state index in [-0.39, 0.29) is 13.7 Å². The zero-order chi connectivity index (χ0) is 23.1. The molecule has 2 heterocycles. The average molecular weight is 477 g/mol. The predicted molar refractivity (Wildman–Crippen MR) is 149 cm³/mol. The van der Waals surface area contributed by atoms with Crippen LogP contribution >= 0.6 is 23.2 Å². The third-order valence-corrected chi connectivity index (χ3v) is 7.35. The SMILES string of the molecule is ClC1=C(C2=C(Cl)c3ccccc3NB2c2ccccc2)B(c2ccccc2)Nc2ccccc21. The van der Waals surface area contributed by atoms with Crippen LogP contribution in [0.25, 0.3) is 10.1 Å². The van der Waals surface area contributed by atoms with E-state index in [2.05, 4.69) is 83.3 Å². The first-order chi connectivity index (χ1) is 16.7. The van der Waals surface area contributed by atoms with Crippen molar-refractivity contribution in [2.24, 2.45) is 0 Å². The minimum absolute atomic E-state index is 0.148. The van der Waals surface area contributed by atoms with Crippen LogP contribution in [-0.2, 0) is 0 Å². The van der Waals surface area contributed by atoms with Crippen molar-refractivity contribution in [3.05, 3.63) is 131 Å².